The standard InChI is InChI=1S/C17H23N3S/c1-10(2)15-19-16(18-6)13(5)17(20-15)21-14-8-7-11(3)12(4)9-14/h7-10H,1-6H3,(H,18,19,20). The first-order valence-electron chi connectivity index (χ1n) is 7.23. The van der Waals surface area contributed by atoms with Crippen molar-refractivity contribution >= 4 is 17.6 Å². The van der Waals surface area contributed by atoms with Gasteiger partial charge in [-0.25, -0.2) is 9.97 Å². The number of hydrogen-bond acceptors (Lipinski definition) is 4. The summed E-state index contributed by atoms with van der Waals surface area (Å²) in [6, 6.07) is 6.54. The number of anilines is 1. The second-order valence-corrected chi connectivity index (χ2v) is 6.68. The van der Waals surface area contributed by atoms with Gasteiger partial charge in [0, 0.05) is 23.4 Å². The van der Waals surface area contributed by atoms with Crippen molar-refractivity contribution in [1.82, 2.24) is 9.97 Å². The van der Waals surface area contributed by atoms with Crippen LogP contribution in [-0.4, -0.2) is 17.0 Å². The minimum Gasteiger partial charge on any atom is -0.373 e. The highest BCUT2D eigenvalue weighted by molar-refractivity contribution is 7.99. The second-order valence-electron chi connectivity index (χ2n) is 5.61. The summed E-state index contributed by atoms with van der Waals surface area (Å²) in [5.74, 6) is 2.12. The van der Waals surface area contributed by atoms with Gasteiger partial charge in [0.1, 0.15) is 16.7 Å². The third-order valence-electron chi connectivity index (χ3n) is 3.56. The normalized spacial score (nSPS) is 11.0. The maximum Gasteiger partial charge on any atom is 0.134 e. The Labute approximate surface area is 131 Å². The van der Waals surface area contributed by atoms with Crippen LogP contribution >= 0.6 is 11.8 Å². The average molecular weight is 301 g/mol. The molecule has 4 heteroatoms. The van der Waals surface area contributed by atoms with E-state index in [9.17, 15) is 0 Å². The molecule has 0 saturated heterocycles. The lowest BCUT2D eigenvalue weighted by atomic mass is 10.1. The van der Waals surface area contributed by atoms with Crippen LogP contribution in [0.1, 0.15) is 42.3 Å². The molecule has 112 valence electrons. The fourth-order valence-electron chi connectivity index (χ4n) is 2.00. The zero-order valence-electron chi connectivity index (χ0n) is 13.6. The van der Waals surface area contributed by atoms with Gasteiger partial charge in [0.05, 0.1) is 0 Å². The molecular weight excluding hydrogens is 278 g/mol. The highest BCUT2D eigenvalue weighted by atomic mass is 32.2. The number of benzene rings is 1. The lowest BCUT2D eigenvalue weighted by molar-refractivity contribution is 0.750. The van der Waals surface area contributed by atoms with E-state index in [-0.39, 0.29) is 0 Å². The number of aromatic nitrogens is 2. The van der Waals surface area contributed by atoms with Crippen LogP contribution in [-0.2, 0) is 0 Å². The van der Waals surface area contributed by atoms with E-state index in [2.05, 4.69) is 63.1 Å². The van der Waals surface area contributed by atoms with Crippen LogP contribution in [0.5, 0.6) is 0 Å². The Morgan fingerprint density at radius 3 is 2.33 bits per heavy atom. The van der Waals surface area contributed by atoms with Gasteiger partial charge in [-0.3, -0.25) is 0 Å². The van der Waals surface area contributed by atoms with E-state index >= 15 is 0 Å². The van der Waals surface area contributed by atoms with E-state index in [0.717, 1.165) is 22.2 Å². The largest absolute Gasteiger partial charge is 0.373 e. The Bertz CT molecular complexity index is 651. The summed E-state index contributed by atoms with van der Waals surface area (Å²) in [5, 5.41) is 4.20. The highest BCUT2D eigenvalue weighted by Crippen LogP contribution is 2.33. The third-order valence-corrected chi connectivity index (χ3v) is 4.65. The molecule has 0 unspecified atom stereocenters. The Kier molecular flexibility index (Phi) is 4.88. The van der Waals surface area contributed by atoms with Crippen molar-refractivity contribution in [3.63, 3.8) is 0 Å². The zero-order chi connectivity index (χ0) is 15.6. The quantitative estimate of drug-likeness (QED) is 0.829. The maximum absolute atomic E-state index is 4.74. The molecule has 0 spiro atoms. The number of nitrogens with zero attached hydrogens (tertiary/aromatic N) is 2. The molecule has 0 aliphatic carbocycles. The minimum atomic E-state index is 0.316. The molecule has 2 rings (SSSR count). The molecule has 1 aromatic heterocycles. The summed E-state index contributed by atoms with van der Waals surface area (Å²) in [6.07, 6.45) is 0. The summed E-state index contributed by atoms with van der Waals surface area (Å²) >= 11 is 1.71. The molecule has 21 heavy (non-hydrogen) atoms. The van der Waals surface area contributed by atoms with Crippen molar-refractivity contribution in [2.75, 3.05) is 12.4 Å². The molecule has 2 aromatic rings. The lowest BCUT2D eigenvalue weighted by Gasteiger charge is -2.14. The Morgan fingerprint density at radius 1 is 1.05 bits per heavy atom. The van der Waals surface area contributed by atoms with Crippen molar-refractivity contribution < 1.29 is 0 Å². The van der Waals surface area contributed by atoms with Gasteiger partial charge < -0.3 is 5.32 Å². The first-order valence-corrected chi connectivity index (χ1v) is 8.05. The minimum absolute atomic E-state index is 0.316. The Hall–Kier alpha value is -1.55. The van der Waals surface area contributed by atoms with Crippen LogP contribution < -0.4 is 5.32 Å². The van der Waals surface area contributed by atoms with Crippen molar-refractivity contribution in [1.29, 1.82) is 0 Å². The zero-order valence-corrected chi connectivity index (χ0v) is 14.4. The predicted molar refractivity (Wildman–Crippen MR) is 90.4 cm³/mol. The van der Waals surface area contributed by atoms with Crippen molar-refractivity contribution in [3.05, 3.63) is 40.7 Å². The molecule has 1 aromatic carbocycles. The highest BCUT2D eigenvalue weighted by Gasteiger charge is 2.13. The molecule has 0 bridgehead atoms. The van der Waals surface area contributed by atoms with Gasteiger partial charge in [0.25, 0.3) is 0 Å². The lowest BCUT2D eigenvalue weighted by Crippen LogP contribution is -2.06. The van der Waals surface area contributed by atoms with E-state index in [1.807, 2.05) is 7.05 Å². The molecule has 3 nitrogen and oxygen atoms in total. The molecule has 0 fully saturated rings. The number of hydrogen-bond donors (Lipinski definition) is 1. The fraction of sp³-hybridized carbons (Fsp3) is 0.412. The molecule has 0 aliphatic heterocycles. The molecule has 0 aliphatic rings. The third kappa shape index (κ3) is 3.56. The Balaban J connectivity index is 2.42. The molecule has 0 saturated carbocycles. The van der Waals surface area contributed by atoms with Crippen molar-refractivity contribution in [3.8, 4) is 0 Å². The summed E-state index contributed by atoms with van der Waals surface area (Å²) in [4.78, 5) is 10.5. The van der Waals surface area contributed by atoms with E-state index < -0.39 is 0 Å². The molecule has 1 N–H and O–H groups in total. The van der Waals surface area contributed by atoms with Crippen LogP contribution in [0.25, 0.3) is 0 Å². The van der Waals surface area contributed by atoms with E-state index in [0.29, 0.717) is 5.92 Å². The van der Waals surface area contributed by atoms with Crippen LogP contribution in [0.3, 0.4) is 0 Å². The number of aryl methyl sites for hydroxylation is 2. The first kappa shape index (κ1) is 15.8. The van der Waals surface area contributed by atoms with E-state index in [1.165, 1.54) is 16.0 Å². The van der Waals surface area contributed by atoms with Crippen LogP contribution in [0.4, 0.5) is 5.82 Å². The molecule has 0 atom stereocenters. The Morgan fingerprint density at radius 2 is 1.76 bits per heavy atom. The van der Waals surface area contributed by atoms with Crippen LogP contribution in [0, 0.1) is 20.8 Å². The van der Waals surface area contributed by atoms with Gasteiger partial charge in [0.15, 0.2) is 0 Å². The molecule has 0 radical (unpaired) electrons. The van der Waals surface area contributed by atoms with Crippen molar-refractivity contribution in [2.45, 2.75) is 50.5 Å². The van der Waals surface area contributed by atoms with Gasteiger partial charge in [-0.15, -0.1) is 0 Å². The second kappa shape index (κ2) is 6.48. The van der Waals surface area contributed by atoms with E-state index in [4.69, 9.17) is 4.98 Å². The van der Waals surface area contributed by atoms with Gasteiger partial charge >= 0.3 is 0 Å². The first-order chi connectivity index (χ1) is 9.92. The van der Waals surface area contributed by atoms with E-state index in [1.54, 1.807) is 11.8 Å². The molecule has 0 amide bonds. The number of rotatable bonds is 4. The predicted octanol–water partition coefficient (Wildman–Crippen LogP) is 4.72. The molecular formula is C17H23N3S. The van der Waals surface area contributed by atoms with Crippen LogP contribution in [0.2, 0.25) is 0 Å². The summed E-state index contributed by atoms with van der Waals surface area (Å²) < 4.78 is 0. The summed E-state index contributed by atoms with van der Waals surface area (Å²) in [7, 11) is 1.91. The van der Waals surface area contributed by atoms with Crippen molar-refractivity contribution in [2.24, 2.45) is 0 Å². The van der Waals surface area contributed by atoms with Gasteiger partial charge in [-0.2, -0.15) is 0 Å². The van der Waals surface area contributed by atoms with Gasteiger partial charge in [-0.05, 0) is 44.0 Å². The SMILES string of the molecule is CNc1nc(C(C)C)nc(Sc2ccc(C)c(C)c2)c1C. The molecule has 1 heterocycles. The average Bonchev–Trinajstić information content (AvgIpc) is 2.44. The summed E-state index contributed by atoms with van der Waals surface area (Å²) in [6.45, 7) is 10.6. The smallest absolute Gasteiger partial charge is 0.134 e. The topological polar surface area (TPSA) is 37.8 Å². The van der Waals surface area contributed by atoms with Crippen LogP contribution in [0.15, 0.2) is 28.1 Å². The fourth-order valence-corrected chi connectivity index (χ4v) is 2.99. The number of nitrogens with one attached hydrogen (secondary N) is 1. The summed E-state index contributed by atoms with van der Waals surface area (Å²) in [5.41, 5.74) is 3.73. The van der Waals surface area contributed by atoms with Gasteiger partial charge in [0.2, 0.25) is 0 Å². The monoisotopic (exact) mass is 301 g/mol. The maximum atomic E-state index is 4.74. The van der Waals surface area contributed by atoms with Gasteiger partial charge in [-0.1, -0.05) is 31.7 Å².